The molecule has 2 rings (SSSR count). The summed E-state index contributed by atoms with van der Waals surface area (Å²) in [7, 11) is 0. The quantitative estimate of drug-likeness (QED) is 0.843. The van der Waals surface area contributed by atoms with E-state index in [0.29, 0.717) is 17.6 Å². The lowest BCUT2D eigenvalue weighted by molar-refractivity contribution is 0.108. The molecule has 1 aliphatic heterocycles. The number of anilines is 1. The molecule has 0 saturated carbocycles. The minimum absolute atomic E-state index is 0.321. The SMILES string of the molecule is CC1OCCC1CNc1ccccc1C#N. The van der Waals surface area contributed by atoms with Crippen molar-refractivity contribution in [3.63, 3.8) is 0 Å². The Morgan fingerprint density at radius 3 is 3.00 bits per heavy atom. The number of nitriles is 1. The largest absolute Gasteiger partial charge is 0.384 e. The molecule has 1 aliphatic rings. The van der Waals surface area contributed by atoms with Crippen LogP contribution in [0.3, 0.4) is 0 Å². The molecule has 3 heteroatoms. The molecule has 0 amide bonds. The Morgan fingerprint density at radius 1 is 1.50 bits per heavy atom. The standard InChI is InChI=1S/C13H16N2O/c1-10-12(6-7-16-10)9-15-13-5-3-2-4-11(13)8-14/h2-5,10,12,15H,6-7,9H2,1H3. The van der Waals surface area contributed by atoms with Gasteiger partial charge in [0, 0.05) is 19.1 Å². The van der Waals surface area contributed by atoms with Crippen molar-refractivity contribution >= 4 is 5.69 Å². The van der Waals surface area contributed by atoms with Crippen molar-refractivity contribution in [2.75, 3.05) is 18.5 Å². The summed E-state index contributed by atoms with van der Waals surface area (Å²) < 4.78 is 5.51. The molecule has 1 N–H and O–H groups in total. The molecule has 2 atom stereocenters. The van der Waals surface area contributed by atoms with Crippen molar-refractivity contribution in [3.05, 3.63) is 29.8 Å². The lowest BCUT2D eigenvalue weighted by Gasteiger charge is -2.16. The van der Waals surface area contributed by atoms with Crippen molar-refractivity contribution in [1.29, 1.82) is 5.26 Å². The van der Waals surface area contributed by atoms with Gasteiger partial charge in [0.15, 0.2) is 0 Å². The molecule has 3 nitrogen and oxygen atoms in total. The molecule has 0 radical (unpaired) electrons. The van der Waals surface area contributed by atoms with Crippen LogP contribution in [0.15, 0.2) is 24.3 Å². The minimum Gasteiger partial charge on any atom is -0.384 e. The monoisotopic (exact) mass is 216 g/mol. The number of rotatable bonds is 3. The fourth-order valence-corrected chi connectivity index (χ4v) is 2.02. The third-order valence-corrected chi connectivity index (χ3v) is 3.14. The lowest BCUT2D eigenvalue weighted by atomic mass is 10.0. The molecule has 84 valence electrons. The van der Waals surface area contributed by atoms with E-state index in [1.165, 1.54) is 0 Å². The first-order chi connectivity index (χ1) is 7.81. The fraction of sp³-hybridized carbons (Fsp3) is 0.462. The number of benzene rings is 1. The number of ether oxygens (including phenoxy) is 1. The second kappa shape index (κ2) is 5.00. The van der Waals surface area contributed by atoms with Gasteiger partial charge in [-0.1, -0.05) is 12.1 Å². The summed E-state index contributed by atoms with van der Waals surface area (Å²) in [6, 6.07) is 9.78. The fourth-order valence-electron chi connectivity index (χ4n) is 2.02. The van der Waals surface area contributed by atoms with Gasteiger partial charge in [0.25, 0.3) is 0 Å². The van der Waals surface area contributed by atoms with Crippen LogP contribution in [0.5, 0.6) is 0 Å². The van der Waals surface area contributed by atoms with Gasteiger partial charge in [-0.15, -0.1) is 0 Å². The second-order valence-electron chi connectivity index (χ2n) is 4.16. The van der Waals surface area contributed by atoms with E-state index < -0.39 is 0 Å². The molecule has 2 unspecified atom stereocenters. The van der Waals surface area contributed by atoms with Crippen LogP contribution in [0.25, 0.3) is 0 Å². The average Bonchev–Trinajstić information content (AvgIpc) is 2.72. The van der Waals surface area contributed by atoms with Crippen molar-refractivity contribution in [1.82, 2.24) is 0 Å². The molecule has 0 spiro atoms. The van der Waals surface area contributed by atoms with E-state index in [0.717, 1.165) is 25.3 Å². The molecule has 1 saturated heterocycles. The van der Waals surface area contributed by atoms with Crippen molar-refractivity contribution in [2.24, 2.45) is 5.92 Å². The van der Waals surface area contributed by atoms with Gasteiger partial charge in [-0.2, -0.15) is 5.26 Å². The summed E-state index contributed by atoms with van der Waals surface area (Å²) in [5.41, 5.74) is 1.62. The number of nitrogens with zero attached hydrogens (tertiary/aromatic N) is 1. The van der Waals surface area contributed by atoms with Crippen LogP contribution in [-0.4, -0.2) is 19.3 Å². The maximum Gasteiger partial charge on any atom is 0.101 e. The smallest absolute Gasteiger partial charge is 0.101 e. The molecule has 0 aliphatic carbocycles. The predicted octanol–water partition coefficient (Wildman–Crippen LogP) is 2.40. The van der Waals surface area contributed by atoms with Gasteiger partial charge in [-0.25, -0.2) is 0 Å². The Bertz CT molecular complexity index is 397. The van der Waals surface area contributed by atoms with E-state index in [9.17, 15) is 0 Å². The Hall–Kier alpha value is -1.53. The van der Waals surface area contributed by atoms with E-state index in [4.69, 9.17) is 10.00 Å². The summed E-state index contributed by atoms with van der Waals surface area (Å²) >= 11 is 0. The topological polar surface area (TPSA) is 45.0 Å². The first-order valence-corrected chi connectivity index (χ1v) is 5.66. The summed E-state index contributed by atoms with van der Waals surface area (Å²) in [6.45, 7) is 3.84. The molecular weight excluding hydrogens is 200 g/mol. The molecule has 1 aromatic rings. The number of hydrogen-bond acceptors (Lipinski definition) is 3. The zero-order valence-electron chi connectivity index (χ0n) is 9.44. The molecule has 1 fully saturated rings. The molecular formula is C13H16N2O. The van der Waals surface area contributed by atoms with Gasteiger partial charge in [0.2, 0.25) is 0 Å². The summed E-state index contributed by atoms with van der Waals surface area (Å²) in [6.07, 6.45) is 1.42. The summed E-state index contributed by atoms with van der Waals surface area (Å²) in [5, 5.41) is 12.3. The highest BCUT2D eigenvalue weighted by Gasteiger charge is 2.23. The van der Waals surface area contributed by atoms with Crippen LogP contribution in [0.4, 0.5) is 5.69 Å². The van der Waals surface area contributed by atoms with Gasteiger partial charge in [0.1, 0.15) is 6.07 Å². The Kier molecular flexibility index (Phi) is 3.43. The van der Waals surface area contributed by atoms with Crippen LogP contribution < -0.4 is 5.32 Å². The zero-order chi connectivity index (χ0) is 11.4. The van der Waals surface area contributed by atoms with Crippen LogP contribution in [0, 0.1) is 17.2 Å². The van der Waals surface area contributed by atoms with Crippen LogP contribution in [-0.2, 0) is 4.74 Å². The van der Waals surface area contributed by atoms with E-state index >= 15 is 0 Å². The third kappa shape index (κ3) is 2.34. The highest BCUT2D eigenvalue weighted by atomic mass is 16.5. The molecule has 0 aromatic heterocycles. The molecule has 1 aromatic carbocycles. The van der Waals surface area contributed by atoms with Crippen molar-refractivity contribution in [2.45, 2.75) is 19.4 Å². The second-order valence-corrected chi connectivity index (χ2v) is 4.16. The Labute approximate surface area is 96.0 Å². The van der Waals surface area contributed by atoms with Crippen molar-refractivity contribution < 1.29 is 4.74 Å². The maximum atomic E-state index is 8.95. The van der Waals surface area contributed by atoms with Crippen molar-refractivity contribution in [3.8, 4) is 6.07 Å². The van der Waals surface area contributed by atoms with Crippen LogP contribution in [0.2, 0.25) is 0 Å². The first-order valence-electron chi connectivity index (χ1n) is 5.66. The molecule has 1 heterocycles. The van der Waals surface area contributed by atoms with E-state index in [-0.39, 0.29) is 0 Å². The number of hydrogen-bond donors (Lipinski definition) is 1. The zero-order valence-corrected chi connectivity index (χ0v) is 9.44. The highest BCUT2D eigenvalue weighted by molar-refractivity contribution is 5.57. The number of nitrogens with one attached hydrogen (secondary N) is 1. The number of para-hydroxylation sites is 1. The Balaban J connectivity index is 1.97. The van der Waals surface area contributed by atoms with Gasteiger partial charge >= 0.3 is 0 Å². The van der Waals surface area contributed by atoms with Crippen LogP contribution >= 0.6 is 0 Å². The van der Waals surface area contributed by atoms with Gasteiger partial charge < -0.3 is 10.1 Å². The van der Waals surface area contributed by atoms with Gasteiger partial charge in [-0.3, -0.25) is 0 Å². The van der Waals surface area contributed by atoms with Gasteiger partial charge in [0.05, 0.1) is 17.4 Å². The van der Waals surface area contributed by atoms with Crippen LogP contribution in [0.1, 0.15) is 18.9 Å². The first kappa shape index (κ1) is 11.0. The lowest BCUT2D eigenvalue weighted by Crippen LogP contribution is -2.21. The maximum absolute atomic E-state index is 8.95. The molecule has 0 bridgehead atoms. The third-order valence-electron chi connectivity index (χ3n) is 3.14. The average molecular weight is 216 g/mol. The summed E-state index contributed by atoms with van der Waals surface area (Å²) in [4.78, 5) is 0. The molecule has 16 heavy (non-hydrogen) atoms. The minimum atomic E-state index is 0.321. The normalized spacial score (nSPS) is 24.0. The van der Waals surface area contributed by atoms with E-state index in [2.05, 4.69) is 18.3 Å². The Morgan fingerprint density at radius 2 is 2.31 bits per heavy atom. The predicted molar refractivity (Wildman–Crippen MR) is 63.2 cm³/mol. The van der Waals surface area contributed by atoms with E-state index in [1.807, 2.05) is 24.3 Å². The highest BCUT2D eigenvalue weighted by Crippen LogP contribution is 2.22. The summed E-state index contributed by atoms with van der Waals surface area (Å²) in [5.74, 6) is 0.548. The van der Waals surface area contributed by atoms with Gasteiger partial charge in [-0.05, 0) is 25.5 Å². The van der Waals surface area contributed by atoms with E-state index in [1.54, 1.807) is 0 Å².